The van der Waals surface area contributed by atoms with Gasteiger partial charge in [-0.05, 0) is 31.8 Å². The molecule has 16 heteroatoms. The number of hydrogen-bond donors (Lipinski definition) is 7. The van der Waals surface area contributed by atoms with Crippen LogP contribution in [0.3, 0.4) is 0 Å². The average Bonchev–Trinajstić information content (AvgIpc) is 3.51. The van der Waals surface area contributed by atoms with Gasteiger partial charge in [0.2, 0.25) is 10.9 Å². The Morgan fingerprint density at radius 1 is 0.919 bits per heavy atom. The van der Waals surface area contributed by atoms with Crippen LogP contribution in [-0.4, -0.2) is 92.9 Å². The number of aliphatic hydroxyl groups excluding tert-OH is 4. The number of nitrogens with two attached hydrogens (primary N) is 1. The lowest BCUT2D eigenvalue weighted by atomic mass is 9.78. The predicted molar refractivity (Wildman–Crippen MR) is 233 cm³/mol. The largest absolute Gasteiger partial charge is 0.507 e. The molecule has 0 spiro atoms. The second-order valence-corrected chi connectivity index (χ2v) is 17.8. The molecule has 3 aliphatic heterocycles. The fraction of sp³-hybridized carbons (Fsp3) is 0.478. The Kier molecular flexibility index (Phi) is 10.9. The first-order valence-electron chi connectivity index (χ1n) is 20.9. The number of ether oxygens (including phenoxy) is 3. The number of piperidine rings is 1. The Morgan fingerprint density at radius 3 is 2.26 bits per heavy atom. The summed E-state index contributed by atoms with van der Waals surface area (Å²) in [6.07, 6.45) is 3.46. The zero-order valence-corrected chi connectivity index (χ0v) is 35.9. The van der Waals surface area contributed by atoms with E-state index in [2.05, 4.69) is 5.32 Å². The van der Waals surface area contributed by atoms with Gasteiger partial charge in [-0.25, -0.2) is 4.98 Å². The summed E-state index contributed by atoms with van der Waals surface area (Å²) in [5.41, 5.74) is 4.83. The number of allylic oxidation sites excluding steroid dienone is 2. The smallest absolute Gasteiger partial charge is 0.307 e. The fourth-order valence-electron chi connectivity index (χ4n) is 9.45. The molecule has 3 aromatic carbocycles. The van der Waals surface area contributed by atoms with Crippen LogP contribution in [0.5, 0.6) is 11.5 Å². The quantitative estimate of drug-likeness (QED) is 0.113. The summed E-state index contributed by atoms with van der Waals surface area (Å²) in [5.74, 6) is -5.57. The number of aliphatic hydroxyl groups is 4. The minimum atomic E-state index is -1.95. The Bertz CT molecular complexity index is 2770. The number of benzene rings is 3. The highest BCUT2D eigenvalue weighted by atomic mass is 16.7. The van der Waals surface area contributed by atoms with Gasteiger partial charge in [-0.15, -0.1) is 0 Å². The van der Waals surface area contributed by atoms with E-state index in [4.69, 9.17) is 29.3 Å². The number of phenols is 1. The average molecular weight is 855 g/mol. The molecule has 1 amide bonds. The summed E-state index contributed by atoms with van der Waals surface area (Å²) >= 11 is 0. The van der Waals surface area contributed by atoms with Gasteiger partial charge in [0.1, 0.15) is 22.7 Å². The number of fused-ring (bicyclic) bond motifs is 3. The van der Waals surface area contributed by atoms with Crippen LogP contribution >= 0.6 is 0 Å². The Balaban J connectivity index is 1.36. The first-order valence-corrected chi connectivity index (χ1v) is 20.9. The number of hydrogen-bond acceptors (Lipinski definition) is 15. The third-order valence-corrected chi connectivity index (χ3v) is 13.8. The molecule has 1 saturated carbocycles. The van der Waals surface area contributed by atoms with Gasteiger partial charge in [-0.3, -0.25) is 14.4 Å². The number of carbonyl (C=O) groups excluding carboxylic acids is 1. The maximum atomic E-state index is 14.8. The number of aromatic hydroxyl groups is 1. The van der Waals surface area contributed by atoms with Crippen LogP contribution in [0.4, 0.5) is 11.4 Å². The predicted octanol–water partition coefficient (Wildman–Crippen LogP) is 3.38. The van der Waals surface area contributed by atoms with Crippen LogP contribution in [-0.2, 0) is 14.3 Å². The lowest BCUT2D eigenvalue weighted by Crippen LogP contribution is -2.44. The minimum absolute atomic E-state index is 0.0338. The van der Waals surface area contributed by atoms with Crippen LogP contribution < -0.4 is 36.8 Å². The molecule has 4 aliphatic rings. The molecular formula is C46H54N4O12. The SMILES string of the molecule is CO[C@H]1/C=C/O[C@@]2(C)Oc3c(C)c(O)c4c(=O)c(c5oc6cc(N7C[C@@H]8C(N)[C@@H]8C7)cc(=O)c6nc5c4c3=C2O)NC(=O)/C(C)=C\C=C\[C@H](C)[C@H](O)[C@@H](C)[C@@H](O)[C@@H](C)[C@H](O)[C@@H]1C. The second-order valence-electron chi connectivity index (χ2n) is 17.8. The molecule has 4 aromatic rings. The van der Waals surface area contributed by atoms with Crippen molar-refractivity contribution >= 4 is 56.0 Å². The van der Waals surface area contributed by atoms with Gasteiger partial charge in [0.05, 0.1) is 41.3 Å². The van der Waals surface area contributed by atoms with Crippen molar-refractivity contribution < 1.29 is 49.0 Å². The Morgan fingerprint density at radius 2 is 1.58 bits per heavy atom. The van der Waals surface area contributed by atoms with Crippen molar-refractivity contribution in [2.45, 2.75) is 84.7 Å². The van der Waals surface area contributed by atoms with E-state index in [1.54, 1.807) is 45.9 Å². The third-order valence-electron chi connectivity index (χ3n) is 13.8. The standard InChI is InChI=1S/C46H54N4O12/c1-18-10-9-11-19(2)45(58)49-36-41(56)31-30(35-43(36)61-29-15-24(14-27(51)34(29)48-35)50-16-25-26(17-50)33(25)47)32-42(23(6)40(31)55)62-46(7,44(32)57)60-13-12-28(59-8)20(3)38(53)22(5)39(54)21(4)37(18)52/h9-15,18,20-22,25-26,28,33,37-39,52-55,57H,16-17,47H2,1-8H3,(H,49,58)/b10-9+,13-12+,19-11-/t18-,20+,21+,22-,25-,26+,28-,33?,37-,38+,39+,46-/m0/s1. The summed E-state index contributed by atoms with van der Waals surface area (Å²) in [6, 6.07) is 3.23. The van der Waals surface area contributed by atoms with Crippen molar-refractivity contribution in [3.05, 3.63) is 79.5 Å². The molecule has 330 valence electrons. The van der Waals surface area contributed by atoms with Gasteiger partial charge in [0, 0.05) is 91.2 Å². The molecule has 62 heavy (non-hydrogen) atoms. The van der Waals surface area contributed by atoms with Crippen molar-refractivity contribution in [2.24, 2.45) is 41.2 Å². The minimum Gasteiger partial charge on any atom is -0.507 e. The maximum absolute atomic E-state index is 14.8. The Hall–Kier alpha value is -5.52. The van der Waals surface area contributed by atoms with E-state index in [-0.39, 0.29) is 66.8 Å². The molecule has 16 nitrogen and oxygen atoms in total. The van der Waals surface area contributed by atoms with Crippen molar-refractivity contribution in [3.63, 3.8) is 0 Å². The van der Waals surface area contributed by atoms with Gasteiger partial charge in [-0.1, -0.05) is 45.9 Å². The van der Waals surface area contributed by atoms with E-state index < -0.39 is 82.1 Å². The number of rotatable bonds is 2. The molecule has 1 unspecified atom stereocenters. The van der Waals surface area contributed by atoms with Gasteiger partial charge < -0.3 is 60.1 Å². The van der Waals surface area contributed by atoms with Gasteiger partial charge >= 0.3 is 5.79 Å². The van der Waals surface area contributed by atoms with Gasteiger partial charge in [0.25, 0.3) is 5.91 Å². The fourth-order valence-corrected chi connectivity index (χ4v) is 9.45. The monoisotopic (exact) mass is 854 g/mol. The number of aromatic nitrogens is 1. The molecule has 8 rings (SSSR count). The van der Waals surface area contributed by atoms with E-state index in [1.165, 1.54) is 52.4 Å². The van der Waals surface area contributed by atoms with E-state index >= 15 is 0 Å². The summed E-state index contributed by atoms with van der Waals surface area (Å²) in [5, 5.41) is 60.0. The summed E-state index contributed by atoms with van der Waals surface area (Å²) < 4.78 is 24.4. The molecule has 8 N–H and O–H groups in total. The summed E-state index contributed by atoms with van der Waals surface area (Å²) in [7, 11) is 1.44. The molecular weight excluding hydrogens is 801 g/mol. The first-order chi connectivity index (χ1) is 29.3. The number of methoxy groups -OCH3 is 1. The highest BCUT2D eigenvalue weighted by Gasteiger charge is 2.53. The number of nitrogens with one attached hydrogen (secondary N) is 1. The van der Waals surface area contributed by atoms with Crippen LogP contribution in [0, 0.1) is 42.4 Å². The lowest BCUT2D eigenvalue weighted by molar-refractivity contribution is -0.112. The number of anilines is 2. The molecule has 1 aliphatic carbocycles. The summed E-state index contributed by atoms with van der Waals surface area (Å²) in [4.78, 5) is 49.3. The van der Waals surface area contributed by atoms with Crippen LogP contribution in [0.2, 0.25) is 0 Å². The van der Waals surface area contributed by atoms with Crippen LogP contribution in [0.25, 0.3) is 38.7 Å². The molecule has 4 bridgehead atoms. The van der Waals surface area contributed by atoms with Gasteiger partial charge in [-0.2, -0.15) is 0 Å². The van der Waals surface area contributed by atoms with Crippen molar-refractivity contribution in [2.75, 3.05) is 30.4 Å². The maximum Gasteiger partial charge on any atom is 0.307 e. The zero-order chi connectivity index (χ0) is 44.8. The lowest BCUT2D eigenvalue weighted by Gasteiger charge is -2.36. The number of carbonyl (C=O) groups is 1. The number of amides is 1. The van der Waals surface area contributed by atoms with Crippen molar-refractivity contribution in [3.8, 4) is 11.5 Å². The number of nitrogens with zero attached hydrogens (tertiary/aromatic N) is 2. The molecule has 12 atom stereocenters. The van der Waals surface area contributed by atoms with E-state index in [1.807, 2.05) is 4.90 Å². The molecule has 2 fully saturated rings. The first kappa shape index (κ1) is 43.1. The normalized spacial score (nSPS) is 34.8. The molecule has 1 aromatic heterocycles. The van der Waals surface area contributed by atoms with Crippen molar-refractivity contribution in [1.82, 2.24) is 4.98 Å². The second kappa shape index (κ2) is 15.7. The highest BCUT2D eigenvalue weighted by molar-refractivity contribution is 6.16. The molecule has 4 heterocycles. The van der Waals surface area contributed by atoms with E-state index in [0.717, 1.165) is 0 Å². The number of phenolic OH excluding ortho intramolecular Hbond substituents is 1. The summed E-state index contributed by atoms with van der Waals surface area (Å²) in [6.45, 7) is 12.6. The third kappa shape index (κ3) is 6.88. The zero-order valence-electron chi connectivity index (χ0n) is 35.9. The molecule has 0 radical (unpaired) electrons. The van der Waals surface area contributed by atoms with Crippen LogP contribution in [0.1, 0.15) is 47.1 Å². The Labute approximate surface area is 356 Å². The van der Waals surface area contributed by atoms with Gasteiger partial charge in [0.15, 0.2) is 22.4 Å². The van der Waals surface area contributed by atoms with Crippen molar-refractivity contribution in [1.29, 1.82) is 0 Å². The van der Waals surface area contributed by atoms with E-state index in [0.29, 0.717) is 30.6 Å². The molecule has 1 saturated heterocycles. The topological polar surface area (TPSA) is 247 Å². The van der Waals surface area contributed by atoms with Crippen LogP contribution in [0.15, 0.2) is 62.3 Å². The highest BCUT2D eigenvalue weighted by Crippen LogP contribution is 2.46. The van der Waals surface area contributed by atoms with E-state index in [9.17, 15) is 39.9 Å².